The molecule has 0 unspecified atom stereocenters. The molecule has 0 aliphatic heterocycles. The van der Waals surface area contributed by atoms with Crippen molar-refractivity contribution < 1.29 is 26.9 Å². The first kappa shape index (κ1) is 18.9. The molecule has 0 radical (unpaired) electrons. The third-order valence-electron chi connectivity index (χ3n) is 4.71. The van der Waals surface area contributed by atoms with Crippen molar-refractivity contribution in [2.75, 3.05) is 0 Å². The zero-order chi connectivity index (χ0) is 20.9. The number of Topliss-reactive ketones (excluding diaryl/α,β-unsaturated/α-hetero) is 1. The average Bonchev–Trinajstić information content (AvgIpc) is 3.31. The largest absolute Gasteiger partial charge is 0.451 e. The second kappa shape index (κ2) is 6.58. The van der Waals surface area contributed by atoms with Crippen LogP contribution in [0.4, 0.5) is 13.2 Å². The highest BCUT2D eigenvalue weighted by atomic mass is 19.4. The predicted octanol–water partition coefficient (Wildman–Crippen LogP) is 5.99. The van der Waals surface area contributed by atoms with Crippen LogP contribution >= 0.6 is 0 Å². The maximum Gasteiger partial charge on any atom is 0.417 e. The Hall–Kier alpha value is -3.42. The minimum absolute atomic E-state index is 0.0289. The van der Waals surface area contributed by atoms with Crippen molar-refractivity contribution in [3.63, 3.8) is 0 Å². The van der Waals surface area contributed by atoms with Gasteiger partial charge in [0.25, 0.3) is 5.89 Å². The number of aryl methyl sites for hydroxylation is 2. The Bertz CT molecular complexity index is 1210. The second-order valence-corrected chi connectivity index (χ2v) is 6.79. The van der Waals surface area contributed by atoms with E-state index in [1.54, 1.807) is 6.07 Å². The van der Waals surface area contributed by atoms with E-state index in [0.717, 1.165) is 22.6 Å². The fourth-order valence-corrected chi connectivity index (χ4v) is 3.12. The van der Waals surface area contributed by atoms with Gasteiger partial charge in [0.05, 0.1) is 5.56 Å². The molecule has 29 heavy (non-hydrogen) atoms. The van der Waals surface area contributed by atoms with Crippen LogP contribution in [0.2, 0.25) is 0 Å². The Kier molecular flexibility index (Phi) is 4.29. The first-order chi connectivity index (χ1) is 13.6. The second-order valence-electron chi connectivity index (χ2n) is 6.79. The molecule has 5 nitrogen and oxygen atoms in total. The summed E-state index contributed by atoms with van der Waals surface area (Å²) in [5.41, 5.74) is 1.22. The zero-order valence-corrected chi connectivity index (χ0v) is 15.7. The lowest BCUT2D eigenvalue weighted by atomic mass is 10.0. The minimum Gasteiger partial charge on any atom is -0.451 e. The van der Waals surface area contributed by atoms with Gasteiger partial charge < -0.3 is 8.94 Å². The van der Waals surface area contributed by atoms with Crippen LogP contribution < -0.4 is 0 Å². The van der Waals surface area contributed by atoms with Crippen molar-refractivity contribution in [1.29, 1.82) is 0 Å². The molecule has 8 heteroatoms. The maximum absolute atomic E-state index is 13.5. The summed E-state index contributed by atoms with van der Waals surface area (Å²) in [5.74, 6) is -0.468. The monoisotopic (exact) mass is 400 g/mol. The summed E-state index contributed by atoms with van der Waals surface area (Å²) < 4.78 is 51.5. The van der Waals surface area contributed by atoms with E-state index in [1.165, 1.54) is 19.1 Å². The minimum atomic E-state index is -4.69. The van der Waals surface area contributed by atoms with E-state index in [2.05, 4.69) is 10.1 Å². The van der Waals surface area contributed by atoms with Crippen molar-refractivity contribution in [1.82, 2.24) is 10.1 Å². The fourth-order valence-electron chi connectivity index (χ4n) is 3.12. The Morgan fingerprint density at radius 3 is 2.41 bits per heavy atom. The van der Waals surface area contributed by atoms with Crippen LogP contribution in [0.5, 0.6) is 0 Å². The molecule has 0 aliphatic rings. The number of carbonyl (C=O) groups is 1. The van der Waals surface area contributed by atoms with Crippen LogP contribution in [0.25, 0.3) is 34.0 Å². The number of rotatable bonds is 3. The molecule has 0 fully saturated rings. The molecule has 2 heterocycles. The van der Waals surface area contributed by atoms with Gasteiger partial charge in [0.15, 0.2) is 11.5 Å². The standard InChI is InChI=1S/C21H15F3N2O3/c1-10-4-5-11(2)18-15(10)9-17(28-18)20-25-19(26-29-20)14-7-6-13(12(3)27)8-16(14)21(22,23)24/h4-9H,1-3H3. The predicted molar refractivity (Wildman–Crippen MR) is 99.4 cm³/mol. The molecule has 0 N–H and O–H groups in total. The van der Waals surface area contributed by atoms with Crippen LogP contribution in [0.15, 0.2) is 45.3 Å². The van der Waals surface area contributed by atoms with Crippen molar-refractivity contribution in [2.45, 2.75) is 26.9 Å². The summed E-state index contributed by atoms with van der Waals surface area (Å²) in [6.07, 6.45) is -4.69. The fraction of sp³-hybridized carbons (Fsp3) is 0.190. The molecule has 0 saturated carbocycles. The summed E-state index contributed by atoms with van der Waals surface area (Å²) in [7, 11) is 0. The summed E-state index contributed by atoms with van der Waals surface area (Å²) in [4.78, 5) is 15.6. The van der Waals surface area contributed by atoms with E-state index in [-0.39, 0.29) is 28.6 Å². The summed E-state index contributed by atoms with van der Waals surface area (Å²) in [6.45, 7) is 5.01. The molecule has 2 aromatic carbocycles. The lowest BCUT2D eigenvalue weighted by molar-refractivity contribution is -0.137. The topological polar surface area (TPSA) is 69.1 Å². The number of hydrogen-bond acceptors (Lipinski definition) is 5. The summed E-state index contributed by atoms with van der Waals surface area (Å²) >= 11 is 0. The van der Waals surface area contributed by atoms with Gasteiger partial charge in [0.2, 0.25) is 5.82 Å². The number of furan rings is 1. The summed E-state index contributed by atoms with van der Waals surface area (Å²) in [5, 5.41) is 4.56. The van der Waals surface area contributed by atoms with E-state index >= 15 is 0 Å². The Labute approximate surface area is 163 Å². The molecule has 0 bridgehead atoms. The van der Waals surface area contributed by atoms with Gasteiger partial charge in [0, 0.05) is 16.5 Å². The van der Waals surface area contributed by atoms with Crippen LogP contribution in [0, 0.1) is 13.8 Å². The molecule has 0 atom stereocenters. The van der Waals surface area contributed by atoms with Crippen molar-refractivity contribution in [3.8, 4) is 23.0 Å². The lowest BCUT2D eigenvalue weighted by Gasteiger charge is -2.11. The first-order valence-corrected chi connectivity index (χ1v) is 8.71. The van der Waals surface area contributed by atoms with E-state index < -0.39 is 17.5 Å². The molecule has 0 amide bonds. The van der Waals surface area contributed by atoms with E-state index in [1.807, 2.05) is 26.0 Å². The number of nitrogens with zero attached hydrogens (tertiary/aromatic N) is 2. The molecular weight excluding hydrogens is 385 g/mol. The molecule has 148 valence electrons. The van der Waals surface area contributed by atoms with Crippen molar-refractivity contribution in [3.05, 3.63) is 58.7 Å². The zero-order valence-electron chi connectivity index (χ0n) is 15.7. The third-order valence-corrected chi connectivity index (χ3v) is 4.71. The first-order valence-electron chi connectivity index (χ1n) is 8.71. The Morgan fingerprint density at radius 2 is 1.76 bits per heavy atom. The number of ketones is 1. The number of benzene rings is 2. The normalized spacial score (nSPS) is 11.9. The van der Waals surface area contributed by atoms with Gasteiger partial charge in [-0.25, -0.2) is 0 Å². The van der Waals surface area contributed by atoms with Gasteiger partial charge >= 0.3 is 6.18 Å². The van der Waals surface area contributed by atoms with Crippen LogP contribution in [-0.4, -0.2) is 15.9 Å². The van der Waals surface area contributed by atoms with Gasteiger partial charge in [0.1, 0.15) is 5.58 Å². The van der Waals surface area contributed by atoms with Crippen molar-refractivity contribution in [2.24, 2.45) is 0 Å². The van der Waals surface area contributed by atoms with Gasteiger partial charge in [-0.05, 0) is 50.1 Å². The molecular formula is C21H15F3N2O3. The van der Waals surface area contributed by atoms with Gasteiger partial charge in [-0.15, -0.1) is 0 Å². The van der Waals surface area contributed by atoms with Crippen LogP contribution in [0.1, 0.15) is 34.0 Å². The van der Waals surface area contributed by atoms with E-state index in [4.69, 9.17) is 8.94 Å². The Morgan fingerprint density at radius 1 is 1.03 bits per heavy atom. The third kappa shape index (κ3) is 3.30. The molecule has 2 aromatic heterocycles. The number of fused-ring (bicyclic) bond motifs is 1. The average molecular weight is 400 g/mol. The molecule has 4 rings (SSSR count). The highest BCUT2D eigenvalue weighted by molar-refractivity contribution is 5.95. The van der Waals surface area contributed by atoms with Gasteiger partial charge in [-0.3, -0.25) is 4.79 Å². The number of halogens is 3. The highest BCUT2D eigenvalue weighted by Crippen LogP contribution is 2.38. The molecule has 0 aliphatic carbocycles. The SMILES string of the molecule is CC(=O)c1ccc(-c2noc(-c3cc4c(C)ccc(C)c4o3)n2)c(C(F)(F)F)c1. The van der Waals surface area contributed by atoms with Gasteiger partial charge in [-0.1, -0.05) is 23.4 Å². The molecule has 4 aromatic rings. The van der Waals surface area contributed by atoms with Gasteiger partial charge in [-0.2, -0.15) is 18.2 Å². The number of hydrogen-bond donors (Lipinski definition) is 0. The number of carbonyl (C=O) groups excluding carboxylic acids is 1. The Balaban J connectivity index is 1.82. The molecule has 0 saturated heterocycles. The number of alkyl halides is 3. The highest BCUT2D eigenvalue weighted by Gasteiger charge is 2.35. The van der Waals surface area contributed by atoms with Crippen molar-refractivity contribution >= 4 is 16.8 Å². The quantitative estimate of drug-likeness (QED) is 0.395. The smallest absolute Gasteiger partial charge is 0.417 e. The molecule has 0 spiro atoms. The van der Waals surface area contributed by atoms with Crippen LogP contribution in [-0.2, 0) is 6.18 Å². The number of aromatic nitrogens is 2. The van der Waals surface area contributed by atoms with E-state index in [9.17, 15) is 18.0 Å². The van der Waals surface area contributed by atoms with Crippen LogP contribution in [0.3, 0.4) is 0 Å². The van der Waals surface area contributed by atoms with E-state index in [0.29, 0.717) is 5.58 Å². The maximum atomic E-state index is 13.5. The lowest BCUT2D eigenvalue weighted by Crippen LogP contribution is -2.09. The summed E-state index contributed by atoms with van der Waals surface area (Å²) in [6, 6.07) is 8.84.